The van der Waals surface area contributed by atoms with Crippen LogP contribution in [0, 0.1) is 0 Å². The van der Waals surface area contributed by atoms with Crippen molar-refractivity contribution in [1.82, 2.24) is 0 Å². The molecule has 198 valence electrons. The SMILES string of the molecule is COc1cc(-c2oc3cc(O)ccc3c(=O)c2OC2O[C@H](C(=O)O)[C@@H](O)[C@H](O)[C@H]2O)cc(OC)c1OC. The molecule has 2 aromatic carbocycles. The Kier molecular flexibility index (Phi) is 7.14. The number of aliphatic hydroxyl groups excluding tert-OH is 3. The Morgan fingerprint density at radius 1 is 0.892 bits per heavy atom. The van der Waals surface area contributed by atoms with Gasteiger partial charge in [-0.05, 0) is 24.3 Å². The van der Waals surface area contributed by atoms with Gasteiger partial charge in [-0.2, -0.15) is 0 Å². The van der Waals surface area contributed by atoms with Gasteiger partial charge in [-0.25, -0.2) is 4.79 Å². The Morgan fingerprint density at radius 2 is 1.54 bits per heavy atom. The molecule has 1 saturated heterocycles. The van der Waals surface area contributed by atoms with Crippen molar-refractivity contribution in [3.8, 4) is 40.1 Å². The molecule has 1 unspecified atom stereocenters. The molecule has 0 bridgehead atoms. The number of fused-ring (bicyclic) bond motifs is 1. The monoisotopic (exact) mass is 520 g/mol. The Bertz CT molecular complexity index is 1360. The average molecular weight is 520 g/mol. The van der Waals surface area contributed by atoms with E-state index in [1.807, 2.05) is 0 Å². The summed E-state index contributed by atoms with van der Waals surface area (Å²) >= 11 is 0. The first-order valence-corrected chi connectivity index (χ1v) is 10.8. The first-order chi connectivity index (χ1) is 17.6. The molecule has 5 N–H and O–H groups in total. The van der Waals surface area contributed by atoms with E-state index in [1.165, 1.54) is 51.7 Å². The molecule has 37 heavy (non-hydrogen) atoms. The number of ether oxygens (including phenoxy) is 5. The standard InChI is InChI=1S/C24H24O13/c1-32-13-6-9(7-14(33-2)20(13)34-3)19-21(15(26)11-5-4-10(25)8-12(11)35-19)36-24-18(29)16(27)17(28)22(37-24)23(30)31/h4-8,16-18,22,24-25,27-29H,1-3H3,(H,30,31)/t16-,17-,18+,22-,24?/m0/s1. The fourth-order valence-electron chi connectivity index (χ4n) is 3.94. The number of rotatable bonds is 7. The predicted octanol–water partition coefficient (Wildman–Crippen LogP) is 0.462. The molecule has 0 spiro atoms. The molecule has 0 saturated carbocycles. The van der Waals surface area contributed by atoms with E-state index in [-0.39, 0.29) is 45.3 Å². The molecule has 1 fully saturated rings. The lowest BCUT2D eigenvalue weighted by Gasteiger charge is -2.38. The van der Waals surface area contributed by atoms with Crippen molar-refractivity contribution < 1.29 is 58.4 Å². The summed E-state index contributed by atoms with van der Waals surface area (Å²) in [4.78, 5) is 25.0. The molecule has 0 aliphatic carbocycles. The number of aliphatic carboxylic acids is 1. The maximum Gasteiger partial charge on any atom is 0.335 e. The van der Waals surface area contributed by atoms with Crippen LogP contribution in [0.4, 0.5) is 0 Å². The van der Waals surface area contributed by atoms with Crippen LogP contribution in [0.15, 0.2) is 39.5 Å². The lowest BCUT2D eigenvalue weighted by molar-refractivity contribution is -0.271. The molecule has 1 aliphatic heterocycles. The van der Waals surface area contributed by atoms with Crippen LogP contribution in [0.25, 0.3) is 22.3 Å². The molecule has 13 nitrogen and oxygen atoms in total. The van der Waals surface area contributed by atoms with Crippen LogP contribution < -0.4 is 24.4 Å². The van der Waals surface area contributed by atoms with E-state index in [0.29, 0.717) is 0 Å². The van der Waals surface area contributed by atoms with Crippen LogP contribution in [-0.4, -0.2) is 83.5 Å². The minimum Gasteiger partial charge on any atom is -0.508 e. The second-order valence-corrected chi connectivity index (χ2v) is 8.04. The Balaban J connectivity index is 1.93. The molecular formula is C24H24O13. The van der Waals surface area contributed by atoms with E-state index < -0.39 is 47.9 Å². The highest BCUT2D eigenvalue weighted by molar-refractivity contribution is 5.84. The number of carboxylic acids is 1. The highest BCUT2D eigenvalue weighted by Gasteiger charge is 2.48. The van der Waals surface area contributed by atoms with E-state index in [0.717, 1.165) is 0 Å². The second-order valence-electron chi connectivity index (χ2n) is 8.04. The van der Waals surface area contributed by atoms with E-state index in [4.69, 9.17) is 28.1 Å². The maximum atomic E-state index is 13.5. The quantitative estimate of drug-likeness (QED) is 0.289. The van der Waals surface area contributed by atoms with E-state index in [9.17, 15) is 35.1 Å². The summed E-state index contributed by atoms with van der Waals surface area (Å²) in [5.74, 6) is -1.94. The number of phenols is 1. The second kappa shape index (κ2) is 10.1. The number of carboxylic acid groups (broad SMARTS) is 1. The summed E-state index contributed by atoms with van der Waals surface area (Å²) in [6.45, 7) is 0. The number of methoxy groups -OCH3 is 3. The van der Waals surface area contributed by atoms with Crippen molar-refractivity contribution in [2.45, 2.75) is 30.7 Å². The third kappa shape index (κ3) is 4.60. The Labute approximate surface area is 208 Å². The topological polar surface area (TPSA) is 195 Å². The molecular weight excluding hydrogens is 496 g/mol. The number of phenolic OH excluding ortho intramolecular Hbond substituents is 1. The van der Waals surface area contributed by atoms with Crippen molar-refractivity contribution >= 4 is 16.9 Å². The first kappa shape index (κ1) is 26.0. The van der Waals surface area contributed by atoms with Gasteiger partial charge >= 0.3 is 5.97 Å². The summed E-state index contributed by atoms with van der Waals surface area (Å²) < 4.78 is 32.7. The number of hydrogen-bond acceptors (Lipinski definition) is 12. The predicted molar refractivity (Wildman–Crippen MR) is 124 cm³/mol. The minimum atomic E-state index is -1.96. The van der Waals surface area contributed by atoms with Crippen molar-refractivity contribution in [2.75, 3.05) is 21.3 Å². The van der Waals surface area contributed by atoms with Gasteiger partial charge in [0.15, 0.2) is 23.4 Å². The van der Waals surface area contributed by atoms with Crippen molar-refractivity contribution in [3.05, 3.63) is 40.6 Å². The van der Waals surface area contributed by atoms with Gasteiger partial charge in [-0.3, -0.25) is 4.79 Å². The van der Waals surface area contributed by atoms with Crippen LogP contribution in [0.2, 0.25) is 0 Å². The largest absolute Gasteiger partial charge is 0.508 e. The maximum absolute atomic E-state index is 13.5. The fraction of sp³-hybridized carbons (Fsp3) is 0.333. The lowest BCUT2D eigenvalue weighted by atomic mass is 9.99. The molecule has 2 heterocycles. The number of aliphatic hydroxyl groups is 3. The number of aromatic hydroxyl groups is 1. The molecule has 1 aliphatic rings. The molecule has 5 atom stereocenters. The average Bonchev–Trinajstić information content (AvgIpc) is 2.88. The van der Waals surface area contributed by atoms with E-state index in [1.54, 1.807) is 0 Å². The highest BCUT2D eigenvalue weighted by Crippen LogP contribution is 2.43. The third-order valence-corrected chi connectivity index (χ3v) is 5.81. The van der Waals surface area contributed by atoms with Gasteiger partial charge in [0.2, 0.25) is 23.2 Å². The number of carbonyl (C=O) groups is 1. The molecule has 13 heteroatoms. The van der Waals surface area contributed by atoms with Crippen LogP contribution >= 0.6 is 0 Å². The van der Waals surface area contributed by atoms with Crippen molar-refractivity contribution in [3.63, 3.8) is 0 Å². The molecule has 1 aromatic heterocycles. The van der Waals surface area contributed by atoms with Gasteiger partial charge in [0.1, 0.15) is 29.6 Å². The molecule has 0 radical (unpaired) electrons. The summed E-state index contributed by atoms with van der Waals surface area (Å²) in [6.07, 6.45) is -9.71. The number of hydrogen-bond donors (Lipinski definition) is 5. The van der Waals surface area contributed by atoms with E-state index in [2.05, 4.69) is 0 Å². The van der Waals surface area contributed by atoms with Gasteiger partial charge in [-0.1, -0.05) is 0 Å². The summed E-state index contributed by atoms with van der Waals surface area (Å²) in [6, 6.07) is 6.61. The van der Waals surface area contributed by atoms with Crippen LogP contribution in [0.5, 0.6) is 28.7 Å². The zero-order valence-electron chi connectivity index (χ0n) is 19.8. The van der Waals surface area contributed by atoms with Crippen LogP contribution in [0.1, 0.15) is 0 Å². The number of benzene rings is 2. The van der Waals surface area contributed by atoms with Crippen molar-refractivity contribution in [2.24, 2.45) is 0 Å². The zero-order chi connectivity index (χ0) is 27.0. The smallest absolute Gasteiger partial charge is 0.335 e. The van der Waals surface area contributed by atoms with Gasteiger partial charge in [0, 0.05) is 11.6 Å². The van der Waals surface area contributed by atoms with Crippen LogP contribution in [0.3, 0.4) is 0 Å². The zero-order valence-corrected chi connectivity index (χ0v) is 19.8. The Morgan fingerprint density at radius 3 is 2.11 bits per heavy atom. The normalized spacial score (nSPS) is 23.5. The van der Waals surface area contributed by atoms with Crippen LogP contribution in [-0.2, 0) is 9.53 Å². The summed E-state index contributed by atoms with van der Waals surface area (Å²) in [5, 5.41) is 49.8. The lowest BCUT2D eigenvalue weighted by Crippen LogP contribution is -2.61. The van der Waals surface area contributed by atoms with Gasteiger partial charge < -0.3 is 53.6 Å². The Hall–Kier alpha value is -4.04. The molecule has 4 rings (SSSR count). The van der Waals surface area contributed by atoms with Gasteiger partial charge in [-0.15, -0.1) is 0 Å². The van der Waals surface area contributed by atoms with Crippen molar-refractivity contribution in [1.29, 1.82) is 0 Å². The molecule has 3 aromatic rings. The van der Waals surface area contributed by atoms with E-state index >= 15 is 0 Å². The summed E-state index contributed by atoms with van der Waals surface area (Å²) in [7, 11) is 4.14. The highest BCUT2D eigenvalue weighted by atomic mass is 16.7. The third-order valence-electron chi connectivity index (χ3n) is 5.81. The summed E-state index contributed by atoms with van der Waals surface area (Å²) in [5.41, 5.74) is -0.620. The fourth-order valence-corrected chi connectivity index (χ4v) is 3.94. The van der Waals surface area contributed by atoms with Gasteiger partial charge in [0.05, 0.1) is 26.7 Å². The molecule has 0 amide bonds. The minimum absolute atomic E-state index is 0.0231. The van der Waals surface area contributed by atoms with Gasteiger partial charge in [0.25, 0.3) is 0 Å². The first-order valence-electron chi connectivity index (χ1n) is 10.8.